The van der Waals surface area contributed by atoms with Gasteiger partial charge in [0, 0.05) is 42.2 Å². The summed E-state index contributed by atoms with van der Waals surface area (Å²) in [4.78, 5) is 15.4. The summed E-state index contributed by atoms with van der Waals surface area (Å²) in [6.07, 6.45) is 7.13. The van der Waals surface area contributed by atoms with E-state index in [0.29, 0.717) is 6.54 Å². The predicted octanol–water partition coefficient (Wildman–Crippen LogP) is 1.51. The van der Waals surface area contributed by atoms with Crippen LogP contribution < -0.4 is 5.56 Å². The van der Waals surface area contributed by atoms with Gasteiger partial charge in [0.1, 0.15) is 0 Å². The second kappa shape index (κ2) is 4.44. The Morgan fingerprint density at radius 1 is 1.33 bits per heavy atom. The average molecular weight is 268 g/mol. The molecule has 0 aromatic carbocycles. The van der Waals surface area contributed by atoms with Gasteiger partial charge in [0.15, 0.2) is 0 Å². The van der Waals surface area contributed by atoms with Crippen LogP contribution in [-0.2, 0) is 13.1 Å². The van der Waals surface area contributed by atoms with Gasteiger partial charge in [0.2, 0.25) is 0 Å². The molecule has 0 saturated carbocycles. The first kappa shape index (κ1) is 10.2. The molecule has 5 heteroatoms. The zero-order valence-electron chi connectivity index (χ0n) is 8.01. The number of pyridine rings is 1. The fourth-order valence-corrected chi connectivity index (χ4v) is 1.70. The molecule has 0 unspecified atom stereocenters. The lowest BCUT2D eigenvalue weighted by molar-refractivity contribution is 0.564. The Labute approximate surface area is 95.3 Å². The largest absolute Gasteiger partial charge is 0.336 e. The summed E-state index contributed by atoms with van der Waals surface area (Å²) < 4.78 is 4.52. The highest BCUT2D eigenvalue weighted by Gasteiger charge is 1.97. The summed E-state index contributed by atoms with van der Waals surface area (Å²) in [7, 11) is 0. The van der Waals surface area contributed by atoms with Crippen LogP contribution in [0, 0.1) is 0 Å². The first-order chi connectivity index (χ1) is 7.25. The molecule has 4 nitrogen and oxygen atoms in total. The third kappa shape index (κ3) is 2.56. The molecule has 2 heterocycles. The van der Waals surface area contributed by atoms with Crippen LogP contribution in [0.4, 0.5) is 0 Å². The van der Waals surface area contributed by atoms with Gasteiger partial charge in [-0.3, -0.25) is 4.79 Å². The second-order valence-corrected chi connectivity index (χ2v) is 4.10. The molecule has 0 N–H and O–H groups in total. The standard InChI is InChI=1S/C10H10BrN3O/c11-9-1-2-10(15)14(7-9)6-5-13-4-3-12-8-13/h1-4,7-8H,5-6H2. The Kier molecular flexibility index (Phi) is 3.01. The van der Waals surface area contributed by atoms with Crippen LogP contribution in [0.25, 0.3) is 0 Å². The topological polar surface area (TPSA) is 39.8 Å². The molecule has 0 aliphatic carbocycles. The highest BCUT2D eigenvalue weighted by atomic mass is 79.9. The SMILES string of the molecule is O=c1ccc(Br)cn1CCn1ccnc1. The summed E-state index contributed by atoms with van der Waals surface area (Å²) in [6, 6.07) is 3.30. The van der Waals surface area contributed by atoms with Crippen molar-refractivity contribution in [3.8, 4) is 0 Å². The van der Waals surface area contributed by atoms with Crippen LogP contribution >= 0.6 is 15.9 Å². The van der Waals surface area contributed by atoms with Crippen LogP contribution in [-0.4, -0.2) is 14.1 Å². The van der Waals surface area contributed by atoms with E-state index in [0.717, 1.165) is 11.0 Å². The Hall–Kier alpha value is -1.36. The third-order valence-corrected chi connectivity index (χ3v) is 2.57. The smallest absolute Gasteiger partial charge is 0.250 e. The van der Waals surface area contributed by atoms with Crippen molar-refractivity contribution in [1.29, 1.82) is 0 Å². The molecule has 0 aliphatic heterocycles. The lowest BCUT2D eigenvalue weighted by Crippen LogP contribution is -2.20. The Bertz CT molecular complexity index is 490. The van der Waals surface area contributed by atoms with Gasteiger partial charge in [-0.15, -0.1) is 0 Å². The minimum atomic E-state index is 0.0123. The second-order valence-electron chi connectivity index (χ2n) is 3.18. The highest BCUT2D eigenvalue weighted by molar-refractivity contribution is 9.10. The van der Waals surface area contributed by atoms with E-state index in [2.05, 4.69) is 20.9 Å². The van der Waals surface area contributed by atoms with Gasteiger partial charge in [-0.25, -0.2) is 4.98 Å². The van der Waals surface area contributed by atoms with Gasteiger partial charge in [0.05, 0.1) is 6.33 Å². The number of halogens is 1. The number of imidazole rings is 1. The number of aromatic nitrogens is 3. The number of hydrogen-bond donors (Lipinski definition) is 0. The molecule has 0 atom stereocenters. The molecule has 0 bridgehead atoms. The third-order valence-electron chi connectivity index (χ3n) is 2.11. The molecule has 2 aromatic rings. The van der Waals surface area contributed by atoms with E-state index in [1.165, 1.54) is 0 Å². The van der Waals surface area contributed by atoms with Crippen molar-refractivity contribution in [3.05, 3.63) is 51.9 Å². The summed E-state index contributed by atoms with van der Waals surface area (Å²) in [5, 5.41) is 0. The molecule has 0 fully saturated rings. The minimum Gasteiger partial charge on any atom is -0.336 e. The van der Waals surface area contributed by atoms with E-state index in [9.17, 15) is 4.79 Å². The molecular weight excluding hydrogens is 258 g/mol. The average Bonchev–Trinajstić information content (AvgIpc) is 2.72. The summed E-state index contributed by atoms with van der Waals surface area (Å²) in [5.41, 5.74) is 0.0123. The zero-order valence-corrected chi connectivity index (χ0v) is 9.59. The Morgan fingerprint density at radius 3 is 2.93 bits per heavy atom. The fraction of sp³-hybridized carbons (Fsp3) is 0.200. The molecule has 78 valence electrons. The Balaban J connectivity index is 2.11. The van der Waals surface area contributed by atoms with Gasteiger partial charge in [-0.2, -0.15) is 0 Å². The van der Waals surface area contributed by atoms with Gasteiger partial charge in [0.25, 0.3) is 5.56 Å². The molecular formula is C10H10BrN3O. The van der Waals surface area contributed by atoms with E-state index in [4.69, 9.17) is 0 Å². The van der Waals surface area contributed by atoms with Crippen molar-refractivity contribution < 1.29 is 0 Å². The fourth-order valence-electron chi connectivity index (χ4n) is 1.32. The molecule has 0 spiro atoms. The number of nitrogens with zero attached hydrogens (tertiary/aromatic N) is 3. The van der Waals surface area contributed by atoms with E-state index in [1.807, 2.05) is 10.8 Å². The highest BCUT2D eigenvalue weighted by Crippen LogP contribution is 2.04. The molecule has 0 amide bonds. The molecule has 2 aromatic heterocycles. The number of hydrogen-bond acceptors (Lipinski definition) is 2. The van der Waals surface area contributed by atoms with E-state index >= 15 is 0 Å². The lowest BCUT2D eigenvalue weighted by Gasteiger charge is -2.06. The Morgan fingerprint density at radius 2 is 2.20 bits per heavy atom. The lowest BCUT2D eigenvalue weighted by atomic mass is 10.4. The first-order valence-corrected chi connectivity index (χ1v) is 5.37. The van der Waals surface area contributed by atoms with Crippen molar-refractivity contribution in [1.82, 2.24) is 14.1 Å². The summed E-state index contributed by atoms with van der Waals surface area (Å²) in [5.74, 6) is 0. The summed E-state index contributed by atoms with van der Waals surface area (Å²) in [6.45, 7) is 1.39. The molecule has 0 radical (unpaired) electrons. The van der Waals surface area contributed by atoms with Crippen LogP contribution in [0.1, 0.15) is 0 Å². The predicted molar refractivity (Wildman–Crippen MR) is 60.6 cm³/mol. The normalized spacial score (nSPS) is 10.5. The zero-order chi connectivity index (χ0) is 10.7. The van der Waals surface area contributed by atoms with Crippen LogP contribution in [0.3, 0.4) is 0 Å². The van der Waals surface area contributed by atoms with Crippen LogP contribution in [0.5, 0.6) is 0 Å². The van der Waals surface area contributed by atoms with E-state index in [-0.39, 0.29) is 5.56 Å². The molecule has 0 aliphatic rings. The molecule has 2 rings (SSSR count). The van der Waals surface area contributed by atoms with Crippen molar-refractivity contribution in [3.63, 3.8) is 0 Å². The van der Waals surface area contributed by atoms with Crippen LogP contribution in [0.15, 0.2) is 46.3 Å². The first-order valence-electron chi connectivity index (χ1n) is 4.57. The number of rotatable bonds is 3. The van der Waals surface area contributed by atoms with Crippen molar-refractivity contribution in [2.75, 3.05) is 0 Å². The van der Waals surface area contributed by atoms with Crippen molar-refractivity contribution in [2.24, 2.45) is 0 Å². The minimum absolute atomic E-state index is 0.0123. The van der Waals surface area contributed by atoms with E-state index < -0.39 is 0 Å². The van der Waals surface area contributed by atoms with Gasteiger partial charge < -0.3 is 9.13 Å². The maximum atomic E-state index is 11.4. The maximum Gasteiger partial charge on any atom is 0.250 e. The van der Waals surface area contributed by atoms with Gasteiger partial charge in [-0.1, -0.05) is 0 Å². The van der Waals surface area contributed by atoms with Gasteiger partial charge >= 0.3 is 0 Å². The molecule has 0 saturated heterocycles. The monoisotopic (exact) mass is 267 g/mol. The van der Waals surface area contributed by atoms with Crippen molar-refractivity contribution >= 4 is 15.9 Å². The molecule has 15 heavy (non-hydrogen) atoms. The van der Waals surface area contributed by atoms with E-state index in [1.54, 1.807) is 35.4 Å². The maximum absolute atomic E-state index is 11.4. The van der Waals surface area contributed by atoms with Gasteiger partial charge in [-0.05, 0) is 22.0 Å². The quantitative estimate of drug-likeness (QED) is 0.846. The number of aryl methyl sites for hydroxylation is 2. The van der Waals surface area contributed by atoms with Crippen LogP contribution in [0.2, 0.25) is 0 Å². The summed E-state index contributed by atoms with van der Waals surface area (Å²) >= 11 is 3.34. The van der Waals surface area contributed by atoms with Crippen molar-refractivity contribution in [2.45, 2.75) is 13.1 Å².